The zero-order valence-corrected chi connectivity index (χ0v) is 12.3. The SMILES string of the molecule is CCCc1c(N)nnn1CCS(=O)(=O)C(C)(C)C. The van der Waals surface area contributed by atoms with E-state index in [0.29, 0.717) is 12.4 Å². The van der Waals surface area contributed by atoms with Gasteiger partial charge in [-0.05, 0) is 27.2 Å². The van der Waals surface area contributed by atoms with E-state index in [-0.39, 0.29) is 5.75 Å². The maximum absolute atomic E-state index is 12.0. The quantitative estimate of drug-likeness (QED) is 0.865. The van der Waals surface area contributed by atoms with Crippen LogP contribution in [0, 0.1) is 0 Å². The van der Waals surface area contributed by atoms with Crippen molar-refractivity contribution in [2.45, 2.75) is 51.8 Å². The molecule has 2 N–H and O–H groups in total. The van der Waals surface area contributed by atoms with Crippen molar-refractivity contribution in [1.82, 2.24) is 15.0 Å². The van der Waals surface area contributed by atoms with Gasteiger partial charge < -0.3 is 5.73 Å². The molecule has 1 rings (SSSR count). The molecule has 0 spiro atoms. The highest BCUT2D eigenvalue weighted by molar-refractivity contribution is 7.92. The third-order valence-corrected chi connectivity index (χ3v) is 5.45. The third-order valence-electron chi connectivity index (χ3n) is 2.86. The van der Waals surface area contributed by atoms with E-state index in [1.807, 2.05) is 6.92 Å². The Balaban J connectivity index is 2.82. The molecular formula is C11H22N4O2S. The number of anilines is 1. The second-order valence-electron chi connectivity index (χ2n) is 5.33. The van der Waals surface area contributed by atoms with E-state index < -0.39 is 14.6 Å². The van der Waals surface area contributed by atoms with Gasteiger partial charge in [-0.25, -0.2) is 13.1 Å². The predicted octanol–water partition coefficient (Wildman–Crippen LogP) is 1.03. The summed E-state index contributed by atoms with van der Waals surface area (Å²) >= 11 is 0. The number of rotatable bonds is 5. The average Bonchev–Trinajstić information content (AvgIpc) is 2.57. The highest BCUT2D eigenvalue weighted by Crippen LogP contribution is 2.17. The number of nitrogen functional groups attached to an aromatic ring is 1. The molecule has 0 unspecified atom stereocenters. The van der Waals surface area contributed by atoms with Gasteiger partial charge in [0.05, 0.1) is 22.7 Å². The summed E-state index contributed by atoms with van der Waals surface area (Å²) in [5.41, 5.74) is 6.53. The van der Waals surface area contributed by atoms with Gasteiger partial charge in [-0.3, -0.25) is 0 Å². The second kappa shape index (κ2) is 5.26. The van der Waals surface area contributed by atoms with Crippen LogP contribution in [0.5, 0.6) is 0 Å². The molecule has 0 aliphatic heterocycles. The smallest absolute Gasteiger partial charge is 0.169 e. The predicted molar refractivity (Wildman–Crippen MR) is 72.0 cm³/mol. The van der Waals surface area contributed by atoms with Crippen LogP contribution in [0.4, 0.5) is 5.82 Å². The average molecular weight is 274 g/mol. The molecular weight excluding hydrogens is 252 g/mol. The molecule has 0 saturated carbocycles. The van der Waals surface area contributed by atoms with Crippen molar-refractivity contribution in [2.24, 2.45) is 0 Å². The summed E-state index contributed by atoms with van der Waals surface area (Å²) in [5, 5.41) is 7.69. The van der Waals surface area contributed by atoms with E-state index >= 15 is 0 Å². The van der Waals surface area contributed by atoms with E-state index in [1.165, 1.54) is 0 Å². The molecule has 0 fully saturated rings. The molecule has 1 aromatic heterocycles. The fourth-order valence-corrected chi connectivity index (χ4v) is 2.56. The molecule has 0 aliphatic rings. The standard InChI is InChI=1S/C11H22N4O2S/c1-5-6-9-10(12)13-14-15(9)7-8-18(16,17)11(2,3)4/h5-8,12H2,1-4H3. The monoisotopic (exact) mass is 274 g/mol. The molecule has 104 valence electrons. The highest BCUT2D eigenvalue weighted by atomic mass is 32.2. The van der Waals surface area contributed by atoms with Crippen LogP contribution in [-0.2, 0) is 22.8 Å². The van der Waals surface area contributed by atoms with Gasteiger partial charge >= 0.3 is 0 Å². The van der Waals surface area contributed by atoms with E-state index in [1.54, 1.807) is 25.5 Å². The molecule has 0 atom stereocenters. The Bertz CT molecular complexity index is 500. The van der Waals surface area contributed by atoms with Gasteiger partial charge in [0.2, 0.25) is 0 Å². The number of hydrogen-bond donors (Lipinski definition) is 1. The van der Waals surface area contributed by atoms with Crippen LogP contribution in [0.1, 0.15) is 39.8 Å². The Morgan fingerprint density at radius 2 is 1.94 bits per heavy atom. The molecule has 1 aromatic rings. The maximum atomic E-state index is 12.0. The molecule has 1 heterocycles. The Morgan fingerprint density at radius 1 is 1.33 bits per heavy atom. The number of sulfone groups is 1. The van der Waals surface area contributed by atoms with E-state index in [4.69, 9.17) is 5.73 Å². The van der Waals surface area contributed by atoms with Crippen LogP contribution in [0.25, 0.3) is 0 Å². The molecule has 0 saturated heterocycles. The van der Waals surface area contributed by atoms with Gasteiger partial charge in [-0.1, -0.05) is 18.6 Å². The zero-order chi connectivity index (χ0) is 14.0. The second-order valence-corrected chi connectivity index (χ2v) is 8.19. The number of aromatic nitrogens is 3. The van der Waals surface area contributed by atoms with Crippen molar-refractivity contribution in [3.63, 3.8) is 0 Å². The molecule has 18 heavy (non-hydrogen) atoms. The van der Waals surface area contributed by atoms with Crippen molar-refractivity contribution < 1.29 is 8.42 Å². The van der Waals surface area contributed by atoms with Crippen molar-refractivity contribution in [1.29, 1.82) is 0 Å². The molecule has 0 aliphatic carbocycles. The lowest BCUT2D eigenvalue weighted by molar-refractivity contribution is 0.539. The van der Waals surface area contributed by atoms with Crippen LogP contribution in [-0.4, -0.2) is 33.9 Å². The van der Waals surface area contributed by atoms with Crippen LogP contribution in [0.2, 0.25) is 0 Å². The van der Waals surface area contributed by atoms with Crippen LogP contribution < -0.4 is 5.73 Å². The Hall–Kier alpha value is -1.11. The third kappa shape index (κ3) is 3.22. The number of hydrogen-bond acceptors (Lipinski definition) is 5. The highest BCUT2D eigenvalue weighted by Gasteiger charge is 2.28. The molecule has 0 amide bonds. The minimum absolute atomic E-state index is 0.0516. The van der Waals surface area contributed by atoms with Gasteiger partial charge in [0.15, 0.2) is 15.7 Å². The number of nitrogens with zero attached hydrogens (tertiary/aromatic N) is 3. The lowest BCUT2D eigenvalue weighted by atomic mass is 10.2. The van der Waals surface area contributed by atoms with Gasteiger partial charge in [0, 0.05) is 0 Å². The van der Waals surface area contributed by atoms with Gasteiger partial charge in [-0.2, -0.15) is 0 Å². The first-order chi connectivity index (χ1) is 8.19. The Kier molecular flexibility index (Phi) is 4.37. The zero-order valence-electron chi connectivity index (χ0n) is 11.5. The van der Waals surface area contributed by atoms with E-state index in [0.717, 1.165) is 18.5 Å². The summed E-state index contributed by atoms with van der Waals surface area (Å²) in [4.78, 5) is 0. The maximum Gasteiger partial charge on any atom is 0.169 e. The largest absolute Gasteiger partial charge is 0.381 e. The van der Waals surface area contributed by atoms with Crippen LogP contribution in [0.15, 0.2) is 0 Å². The minimum Gasteiger partial charge on any atom is -0.381 e. The molecule has 0 aromatic carbocycles. The lowest BCUT2D eigenvalue weighted by Crippen LogP contribution is -2.32. The summed E-state index contributed by atoms with van der Waals surface area (Å²) in [6.07, 6.45) is 1.68. The molecule has 6 nitrogen and oxygen atoms in total. The van der Waals surface area contributed by atoms with Crippen LogP contribution >= 0.6 is 0 Å². The molecule has 7 heteroatoms. The molecule has 0 bridgehead atoms. The van der Waals surface area contributed by atoms with E-state index in [9.17, 15) is 8.42 Å². The Labute approximate surface area is 108 Å². The lowest BCUT2D eigenvalue weighted by Gasteiger charge is -2.19. The molecule has 0 radical (unpaired) electrons. The van der Waals surface area contributed by atoms with E-state index in [2.05, 4.69) is 10.3 Å². The minimum atomic E-state index is -3.15. The summed E-state index contributed by atoms with van der Waals surface area (Å²) < 4.78 is 24.9. The first-order valence-corrected chi connectivity index (χ1v) is 7.74. The van der Waals surface area contributed by atoms with Gasteiger partial charge in [0.1, 0.15) is 0 Å². The van der Waals surface area contributed by atoms with Gasteiger partial charge in [-0.15, -0.1) is 5.10 Å². The van der Waals surface area contributed by atoms with Crippen molar-refractivity contribution in [3.05, 3.63) is 5.69 Å². The van der Waals surface area contributed by atoms with Crippen molar-refractivity contribution in [3.8, 4) is 0 Å². The normalized spacial score (nSPS) is 12.9. The van der Waals surface area contributed by atoms with Gasteiger partial charge in [0.25, 0.3) is 0 Å². The number of nitrogens with two attached hydrogens (primary N) is 1. The first-order valence-electron chi connectivity index (χ1n) is 6.09. The Morgan fingerprint density at radius 3 is 2.44 bits per heavy atom. The first kappa shape index (κ1) is 14.9. The summed E-state index contributed by atoms with van der Waals surface area (Å²) in [6, 6.07) is 0. The van der Waals surface area contributed by atoms with Crippen LogP contribution in [0.3, 0.4) is 0 Å². The fraction of sp³-hybridized carbons (Fsp3) is 0.818. The summed E-state index contributed by atoms with van der Waals surface area (Å²) in [7, 11) is -3.15. The van der Waals surface area contributed by atoms with Crippen molar-refractivity contribution >= 4 is 15.7 Å². The number of aryl methyl sites for hydroxylation is 1. The summed E-state index contributed by atoms with van der Waals surface area (Å²) in [6.45, 7) is 7.43. The topological polar surface area (TPSA) is 90.9 Å². The summed E-state index contributed by atoms with van der Waals surface area (Å²) in [5.74, 6) is 0.445. The van der Waals surface area contributed by atoms with Crippen molar-refractivity contribution in [2.75, 3.05) is 11.5 Å². The fourth-order valence-electron chi connectivity index (χ4n) is 1.53.